The number of ether oxygens (including phenoxy) is 3. The molecule has 1 aromatic rings. The Kier molecular flexibility index (Phi) is 5.04. The minimum atomic E-state index is 0.633. The summed E-state index contributed by atoms with van der Waals surface area (Å²) in [5.74, 6) is 1.50. The molecule has 1 rings (SSSR count). The topological polar surface area (TPSA) is 27.7 Å². The fourth-order valence-electron chi connectivity index (χ4n) is 1.69. The molecule has 1 aromatic carbocycles. The summed E-state index contributed by atoms with van der Waals surface area (Å²) in [7, 11) is 4.98. The van der Waals surface area contributed by atoms with Gasteiger partial charge >= 0.3 is 0 Å². The molecule has 0 saturated carbocycles. The van der Waals surface area contributed by atoms with Crippen LogP contribution in [-0.4, -0.2) is 27.9 Å². The van der Waals surface area contributed by atoms with Crippen LogP contribution in [0, 0.1) is 6.92 Å². The van der Waals surface area contributed by atoms with Crippen LogP contribution in [-0.2, 0) is 4.74 Å². The fourth-order valence-corrected chi connectivity index (χ4v) is 1.69. The van der Waals surface area contributed by atoms with E-state index in [9.17, 15) is 0 Å². The van der Waals surface area contributed by atoms with Gasteiger partial charge in [0.25, 0.3) is 0 Å². The number of hydrogen-bond donors (Lipinski definition) is 0. The molecule has 0 spiro atoms. The first kappa shape index (κ1) is 13.6. The van der Waals surface area contributed by atoms with Crippen molar-refractivity contribution in [1.29, 1.82) is 0 Å². The maximum Gasteiger partial charge on any atom is 0.161 e. The highest BCUT2D eigenvalue weighted by Gasteiger charge is 2.07. The Hall–Kier alpha value is -1.48. The molecule has 0 aliphatic heterocycles. The minimum absolute atomic E-state index is 0.633. The lowest BCUT2D eigenvalue weighted by Crippen LogP contribution is -1.94. The predicted octanol–water partition coefficient (Wildman–Crippen LogP) is 3.06. The molecule has 0 bridgehead atoms. The molecule has 0 amide bonds. The minimum Gasteiger partial charge on any atom is -0.493 e. The first-order chi connectivity index (χ1) is 8.12. The van der Waals surface area contributed by atoms with Gasteiger partial charge in [0.2, 0.25) is 0 Å². The molecule has 17 heavy (non-hydrogen) atoms. The van der Waals surface area contributed by atoms with Crippen LogP contribution in [0.25, 0.3) is 6.08 Å². The Bertz CT molecular complexity index is 408. The van der Waals surface area contributed by atoms with Crippen molar-refractivity contribution in [3.63, 3.8) is 0 Å². The van der Waals surface area contributed by atoms with E-state index in [1.165, 1.54) is 5.57 Å². The van der Waals surface area contributed by atoms with Gasteiger partial charge < -0.3 is 14.2 Å². The molecule has 0 aromatic heterocycles. The van der Waals surface area contributed by atoms with Crippen molar-refractivity contribution in [2.24, 2.45) is 0 Å². The molecule has 0 saturated heterocycles. The zero-order valence-corrected chi connectivity index (χ0v) is 11.2. The molecular formula is C14H20O3. The van der Waals surface area contributed by atoms with Crippen molar-refractivity contribution in [2.75, 3.05) is 27.9 Å². The monoisotopic (exact) mass is 236 g/mol. The van der Waals surface area contributed by atoms with Crippen molar-refractivity contribution in [3.05, 3.63) is 28.8 Å². The van der Waals surface area contributed by atoms with E-state index in [0.29, 0.717) is 6.61 Å². The largest absolute Gasteiger partial charge is 0.493 e. The second-order valence-corrected chi connectivity index (χ2v) is 3.99. The number of rotatable bonds is 5. The van der Waals surface area contributed by atoms with Gasteiger partial charge in [-0.15, -0.1) is 0 Å². The van der Waals surface area contributed by atoms with Crippen molar-refractivity contribution < 1.29 is 14.2 Å². The molecule has 0 atom stereocenters. The lowest BCUT2D eigenvalue weighted by molar-refractivity contribution is 0.226. The van der Waals surface area contributed by atoms with E-state index in [4.69, 9.17) is 14.2 Å². The van der Waals surface area contributed by atoms with E-state index in [1.54, 1.807) is 21.3 Å². The molecule has 94 valence electrons. The molecule has 0 heterocycles. The Labute approximate surface area is 103 Å². The average Bonchev–Trinajstić information content (AvgIpc) is 2.31. The number of methoxy groups -OCH3 is 3. The average molecular weight is 236 g/mol. The van der Waals surface area contributed by atoms with E-state index >= 15 is 0 Å². The Morgan fingerprint density at radius 1 is 1.12 bits per heavy atom. The van der Waals surface area contributed by atoms with Gasteiger partial charge in [0.15, 0.2) is 11.5 Å². The van der Waals surface area contributed by atoms with E-state index in [0.717, 1.165) is 22.6 Å². The van der Waals surface area contributed by atoms with Gasteiger partial charge in [0, 0.05) is 7.11 Å². The molecule has 0 unspecified atom stereocenters. The normalized spacial score (nSPS) is 11.5. The summed E-state index contributed by atoms with van der Waals surface area (Å²) < 4.78 is 15.6. The van der Waals surface area contributed by atoms with Crippen LogP contribution in [0.5, 0.6) is 11.5 Å². The lowest BCUT2D eigenvalue weighted by Gasteiger charge is -2.11. The smallest absolute Gasteiger partial charge is 0.161 e. The SMILES string of the molecule is COC/C(C)=C/c1cc(OC)c(OC)cc1C. The molecule has 0 N–H and O–H groups in total. The predicted molar refractivity (Wildman–Crippen MR) is 69.8 cm³/mol. The standard InChI is InChI=1S/C14H20O3/c1-10(9-15-3)6-12-8-14(17-5)13(16-4)7-11(12)2/h6-8H,9H2,1-5H3/b10-6+. The number of hydrogen-bond acceptors (Lipinski definition) is 3. The van der Waals surface area contributed by atoms with Gasteiger partial charge in [-0.1, -0.05) is 6.08 Å². The Balaban J connectivity index is 3.12. The van der Waals surface area contributed by atoms with E-state index in [-0.39, 0.29) is 0 Å². The molecule has 0 fully saturated rings. The maximum absolute atomic E-state index is 5.29. The summed E-state index contributed by atoms with van der Waals surface area (Å²) in [4.78, 5) is 0. The molecule has 0 aliphatic carbocycles. The van der Waals surface area contributed by atoms with Crippen LogP contribution in [0.3, 0.4) is 0 Å². The van der Waals surface area contributed by atoms with Crippen LogP contribution in [0.4, 0.5) is 0 Å². The van der Waals surface area contributed by atoms with Gasteiger partial charge in [-0.2, -0.15) is 0 Å². The number of aryl methyl sites for hydroxylation is 1. The van der Waals surface area contributed by atoms with Crippen molar-refractivity contribution in [3.8, 4) is 11.5 Å². The molecular weight excluding hydrogens is 216 g/mol. The fraction of sp³-hybridized carbons (Fsp3) is 0.429. The van der Waals surface area contributed by atoms with Gasteiger partial charge in [-0.3, -0.25) is 0 Å². The van der Waals surface area contributed by atoms with Crippen LogP contribution in [0.2, 0.25) is 0 Å². The van der Waals surface area contributed by atoms with E-state index < -0.39 is 0 Å². The summed E-state index contributed by atoms with van der Waals surface area (Å²) in [6.45, 7) is 4.72. The van der Waals surface area contributed by atoms with Gasteiger partial charge in [-0.25, -0.2) is 0 Å². The highest BCUT2D eigenvalue weighted by molar-refractivity contribution is 5.61. The maximum atomic E-state index is 5.29. The molecule has 3 heteroatoms. The molecule has 0 radical (unpaired) electrons. The third-order valence-electron chi connectivity index (χ3n) is 2.55. The second-order valence-electron chi connectivity index (χ2n) is 3.99. The van der Waals surface area contributed by atoms with Crippen LogP contribution in [0.1, 0.15) is 18.1 Å². The number of benzene rings is 1. The summed E-state index contributed by atoms with van der Waals surface area (Å²) in [5.41, 5.74) is 3.44. The van der Waals surface area contributed by atoms with Gasteiger partial charge in [0.1, 0.15) is 0 Å². The first-order valence-electron chi connectivity index (χ1n) is 5.51. The Morgan fingerprint density at radius 3 is 2.24 bits per heavy atom. The van der Waals surface area contributed by atoms with E-state index in [2.05, 4.69) is 6.08 Å². The Morgan fingerprint density at radius 2 is 1.71 bits per heavy atom. The zero-order chi connectivity index (χ0) is 12.8. The van der Waals surface area contributed by atoms with Crippen LogP contribution in [0.15, 0.2) is 17.7 Å². The highest BCUT2D eigenvalue weighted by atomic mass is 16.5. The van der Waals surface area contributed by atoms with Crippen molar-refractivity contribution in [1.82, 2.24) is 0 Å². The lowest BCUT2D eigenvalue weighted by atomic mass is 10.1. The summed E-state index contributed by atoms with van der Waals surface area (Å²) in [5, 5.41) is 0. The molecule has 0 aliphatic rings. The zero-order valence-electron chi connectivity index (χ0n) is 11.2. The van der Waals surface area contributed by atoms with Gasteiger partial charge in [-0.05, 0) is 42.7 Å². The van der Waals surface area contributed by atoms with Crippen LogP contribution >= 0.6 is 0 Å². The second kappa shape index (κ2) is 6.30. The highest BCUT2D eigenvalue weighted by Crippen LogP contribution is 2.31. The van der Waals surface area contributed by atoms with Crippen LogP contribution < -0.4 is 9.47 Å². The first-order valence-corrected chi connectivity index (χ1v) is 5.51. The molecule has 3 nitrogen and oxygen atoms in total. The summed E-state index contributed by atoms with van der Waals surface area (Å²) in [6, 6.07) is 3.96. The van der Waals surface area contributed by atoms with Crippen molar-refractivity contribution >= 4 is 6.08 Å². The third-order valence-corrected chi connectivity index (χ3v) is 2.55. The van der Waals surface area contributed by atoms with E-state index in [1.807, 2.05) is 26.0 Å². The summed E-state index contributed by atoms with van der Waals surface area (Å²) in [6.07, 6.45) is 2.10. The van der Waals surface area contributed by atoms with Gasteiger partial charge in [0.05, 0.1) is 20.8 Å². The quantitative estimate of drug-likeness (QED) is 0.786. The third kappa shape index (κ3) is 3.49. The summed E-state index contributed by atoms with van der Waals surface area (Å²) >= 11 is 0. The van der Waals surface area contributed by atoms with Crippen molar-refractivity contribution in [2.45, 2.75) is 13.8 Å².